The Bertz CT molecular complexity index is 1030. The van der Waals surface area contributed by atoms with Crippen LogP contribution in [0.4, 0.5) is 0 Å². The third-order valence-electron chi connectivity index (χ3n) is 5.37. The van der Waals surface area contributed by atoms with E-state index in [0.717, 1.165) is 22.6 Å². The second-order valence-electron chi connectivity index (χ2n) is 7.53. The molecule has 1 fully saturated rings. The van der Waals surface area contributed by atoms with E-state index in [1.54, 1.807) is 6.07 Å². The molecule has 1 saturated heterocycles. The van der Waals surface area contributed by atoms with E-state index in [-0.39, 0.29) is 18.4 Å². The van der Waals surface area contributed by atoms with Gasteiger partial charge >= 0.3 is 0 Å². The minimum absolute atomic E-state index is 0.0339. The number of rotatable bonds is 7. The Labute approximate surface area is 185 Å². The molecule has 3 aromatic rings. The molecule has 0 bridgehead atoms. The summed E-state index contributed by atoms with van der Waals surface area (Å²) in [6.45, 7) is 5.63. The normalized spacial score (nSPS) is 16.5. The summed E-state index contributed by atoms with van der Waals surface area (Å²) >= 11 is 6.11. The summed E-state index contributed by atoms with van der Waals surface area (Å²) in [5.41, 5.74) is 3.33. The number of benzene rings is 1. The second-order valence-corrected chi connectivity index (χ2v) is 7.93. The predicted molar refractivity (Wildman–Crippen MR) is 114 cm³/mol. The lowest BCUT2D eigenvalue weighted by Gasteiger charge is -2.32. The van der Waals surface area contributed by atoms with E-state index in [1.165, 1.54) is 0 Å². The van der Waals surface area contributed by atoms with Gasteiger partial charge in [-0.25, -0.2) is 0 Å². The number of aromatic amines is 1. The minimum atomic E-state index is -0.267. The molecule has 1 aromatic carbocycles. The van der Waals surface area contributed by atoms with Crippen molar-refractivity contribution in [2.45, 2.75) is 32.8 Å². The average Bonchev–Trinajstić information content (AvgIpc) is 3.37. The number of morpholine rings is 1. The Morgan fingerprint density at radius 1 is 1.35 bits per heavy atom. The first-order valence-electron chi connectivity index (χ1n) is 10.2. The van der Waals surface area contributed by atoms with Crippen LogP contribution in [0, 0.1) is 13.8 Å². The third kappa shape index (κ3) is 5.08. The molecule has 1 atom stereocenters. The summed E-state index contributed by atoms with van der Waals surface area (Å²) in [4.78, 5) is 14.6. The molecular weight excluding hydrogens is 420 g/mol. The van der Waals surface area contributed by atoms with Crippen molar-refractivity contribution >= 4 is 17.5 Å². The second kappa shape index (κ2) is 9.53. The maximum atomic E-state index is 12.8. The maximum absolute atomic E-state index is 12.8. The molecule has 2 aromatic heterocycles. The number of para-hydroxylation sites is 1. The lowest BCUT2D eigenvalue weighted by Crippen LogP contribution is -2.43. The first-order valence-corrected chi connectivity index (χ1v) is 10.6. The molecule has 1 amide bonds. The highest BCUT2D eigenvalue weighted by Crippen LogP contribution is 2.24. The fourth-order valence-corrected chi connectivity index (χ4v) is 3.77. The highest BCUT2D eigenvalue weighted by molar-refractivity contribution is 6.32. The van der Waals surface area contributed by atoms with E-state index in [9.17, 15) is 4.79 Å². The summed E-state index contributed by atoms with van der Waals surface area (Å²) in [6, 6.07) is 9.34. The molecule has 3 heterocycles. The van der Waals surface area contributed by atoms with Crippen LogP contribution in [0.5, 0.6) is 5.75 Å². The monoisotopic (exact) mass is 444 g/mol. The van der Waals surface area contributed by atoms with Crippen LogP contribution in [-0.4, -0.2) is 52.5 Å². The molecule has 1 unspecified atom stereocenters. The minimum Gasteiger partial charge on any atom is -0.492 e. The molecular formula is C22H25ClN4O4. The van der Waals surface area contributed by atoms with E-state index in [0.29, 0.717) is 49.3 Å². The van der Waals surface area contributed by atoms with Crippen LogP contribution in [0.1, 0.15) is 34.5 Å². The molecule has 0 spiro atoms. The topological polar surface area (TPSA) is 93.5 Å². The number of hydrogen-bond donors (Lipinski definition) is 1. The van der Waals surface area contributed by atoms with Crippen LogP contribution >= 0.6 is 11.6 Å². The Hall–Kier alpha value is -2.84. The van der Waals surface area contributed by atoms with Gasteiger partial charge in [-0.05, 0) is 32.0 Å². The number of carbonyl (C=O) groups is 1. The molecule has 1 aliphatic heterocycles. The Morgan fingerprint density at radius 2 is 2.19 bits per heavy atom. The number of halogens is 1. The molecule has 1 aliphatic rings. The highest BCUT2D eigenvalue weighted by Gasteiger charge is 2.28. The van der Waals surface area contributed by atoms with Crippen molar-refractivity contribution in [3.05, 3.63) is 63.8 Å². The first kappa shape index (κ1) is 21.4. The molecule has 0 aliphatic carbocycles. The van der Waals surface area contributed by atoms with Gasteiger partial charge in [0, 0.05) is 24.2 Å². The van der Waals surface area contributed by atoms with E-state index < -0.39 is 0 Å². The SMILES string of the molecule is Cc1noc(C)c1CC(=O)N1CCOC(c2cc(CCOc3ccccc3Cl)[nH]n2)C1. The zero-order valence-electron chi connectivity index (χ0n) is 17.6. The Kier molecular flexibility index (Phi) is 6.58. The fourth-order valence-electron chi connectivity index (χ4n) is 3.58. The van der Waals surface area contributed by atoms with Crippen LogP contribution in [-0.2, 0) is 22.4 Å². The van der Waals surface area contributed by atoms with Gasteiger partial charge in [-0.15, -0.1) is 0 Å². The van der Waals surface area contributed by atoms with Gasteiger partial charge in [0.15, 0.2) is 0 Å². The lowest BCUT2D eigenvalue weighted by molar-refractivity contribution is -0.138. The number of aryl methyl sites for hydroxylation is 2. The summed E-state index contributed by atoms with van der Waals surface area (Å²) in [7, 11) is 0. The Balaban J connectivity index is 1.32. The van der Waals surface area contributed by atoms with Crippen molar-refractivity contribution in [3.63, 3.8) is 0 Å². The molecule has 8 nitrogen and oxygen atoms in total. The van der Waals surface area contributed by atoms with E-state index in [1.807, 2.05) is 43.0 Å². The quantitative estimate of drug-likeness (QED) is 0.600. The fraction of sp³-hybridized carbons (Fsp3) is 0.409. The summed E-state index contributed by atoms with van der Waals surface area (Å²) < 4.78 is 16.8. The van der Waals surface area contributed by atoms with Crippen molar-refractivity contribution in [1.29, 1.82) is 0 Å². The maximum Gasteiger partial charge on any atom is 0.227 e. The summed E-state index contributed by atoms with van der Waals surface area (Å²) in [5.74, 6) is 1.38. The lowest BCUT2D eigenvalue weighted by atomic mass is 10.1. The van der Waals surface area contributed by atoms with Crippen molar-refractivity contribution < 1.29 is 18.8 Å². The number of carbonyl (C=O) groups excluding carboxylic acids is 1. The van der Waals surface area contributed by atoms with Crippen LogP contribution in [0.25, 0.3) is 0 Å². The summed E-state index contributed by atoms with van der Waals surface area (Å²) in [6.07, 6.45) is 0.662. The molecule has 164 valence electrons. The van der Waals surface area contributed by atoms with E-state index >= 15 is 0 Å². The number of amides is 1. The largest absolute Gasteiger partial charge is 0.492 e. The number of ether oxygens (including phenoxy) is 2. The van der Waals surface area contributed by atoms with Gasteiger partial charge in [-0.1, -0.05) is 28.9 Å². The van der Waals surface area contributed by atoms with Crippen molar-refractivity contribution in [2.24, 2.45) is 0 Å². The van der Waals surface area contributed by atoms with Crippen LogP contribution in [0.3, 0.4) is 0 Å². The van der Waals surface area contributed by atoms with Gasteiger partial charge in [0.25, 0.3) is 0 Å². The smallest absolute Gasteiger partial charge is 0.227 e. The van der Waals surface area contributed by atoms with Gasteiger partial charge in [0.1, 0.15) is 17.6 Å². The number of hydrogen-bond acceptors (Lipinski definition) is 6. The molecule has 0 saturated carbocycles. The number of aromatic nitrogens is 3. The zero-order chi connectivity index (χ0) is 21.8. The molecule has 9 heteroatoms. The zero-order valence-corrected chi connectivity index (χ0v) is 18.3. The van der Waals surface area contributed by atoms with Crippen molar-refractivity contribution in [1.82, 2.24) is 20.3 Å². The average molecular weight is 445 g/mol. The van der Waals surface area contributed by atoms with Crippen molar-refractivity contribution in [2.75, 3.05) is 26.3 Å². The summed E-state index contributed by atoms with van der Waals surface area (Å²) in [5, 5.41) is 11.9. The van der Waals surface area contributed by atoms with Crippen LogP contribution < -0.4 is 4.74 Å². The molecule has 4 rings (SSSR count). The number of nitrogens with one attached hydrogen (secondary N) is 1. The van der Waals surface area contributed by atoms with Crippen LogP contribution in [0.2, 0.25) is 5.02 Å². The van der Waals surface area contributed by atoms with Gasteiger partial charge in [-0.3, -0.25) is 9.89 Å². The van der Waals surface area contributed by atoms with E-state index in [2.05, 4.69) is 15.4 Å². The first-order chi connectivity index (χ1) is 15.0. The molecule has 0 radical (unpaired) electrons. The number of H-pyrrole nitrogens is 1. The van der Waals surface area contributed by atoms with Gasteiger partial charge < -0.3 is 18.9 Å². The third-order valence-corrected chi connectivity index (χ3v) is 5.69. The van der Waals surface area contributed by atoms with Crippen LogP contribution in [0.15, 0.2) is 34.9 Å². The highest BCUT2D eigenvalue weighted by atomic mass is 35.5. The predicted octanol–water partition coefficient (Wildman–Crippen LogP) is 3.43. The standard InChI is InChI=1S/C22H25ClN4O4/c1-14-17(15(2)31-26-14)12-22(28)27-8-10-30-21(13-27)19-11-16(24-25-19)7-9-29-20-6-4-3-5-18(20)23/h3-6,11,21H,7-10,12-13H2,1-2H3,(H,24,25). The van der Waals surface area contributed by atoms with Gasteiger partial charge in [0.05, 0.1) is 42.6 Å². The Morgan fingerprint density at radius 3 is 2.97 bits per heavy atom. The number of nitrogens with zero attached hydrogens (tertiary/aromatic N) is 3. The van der Waals surface area contributed by atoms with E-state index in [4.69, 9.17) is 25.6 Å². The van der Waals surface area contributed by atoms with Gasteiger partial charge in [-0.2, -0.15) is 5.10 Å². The molecule has 1 N–H and O–H groups in total. The van der Waals surface area contributed by atoms with Gasteiger partial charge in [0.2, 0.25) is 5.91 Å². The molecule has 31 heavy (non-hydrogen) atoms. The van der Waals surface area contributed by atoms with Crippen molar-refractivity contribution in [3.8, 4) is 5.75 Å².